The molecular formula is C13H21N3. The Labute approximate surface area is 97.7 Å². The van der Waals surface area contributed by atoms with Gasteiger partial charge < -0.3 is 5.32 Å². The van der Waals surface area contributed by atoms with E-state index >= 15 is 0 Å². The minimum atomic E-state index is 0.239. The van der Waals surface area contributed by atoms with E-state index in [1.807, 2.05) is 7.05 Å². The molecule has 0 amide bonds. The monoisotopic (exact) mass is 219 g/mol. The molecule has 0 aromatic carbocycles. The van der Waals surface area contributed by atoms with Crippen LogP contribution in [0.4, 0.5) is 0 Å². The zero-order chi connectivity index (χ0) is 11.6. The van der Waals surface area contributed by atoms with E-state index in [1.54, 1.807) is 0 Å². The fraction of sp³-hybridized carbons (Fsp3) is 0.692. The smallest absolute Gasteiger partial charge is 0.136 e. The third kappa shape index (κ3) is 2.24. The van der Waals surface area contributed by atoms with Gasteiger partial charge in [0, 0.05) is 23.3 Å². The second kappa shape index (κ2) is 4.50. The van der Waals surface area contributed by atoms with Gasteiger partial charge in [0.15, 0.2) is 0 Å². The molecule has 1 heterocycles. The fourth-order valence-corrected chi connectivity index (χ4v) is 2.22. The first-order chi connectivity index (χ1) is 7.70. The molecule has 0 spiro atoms. The van der Waals surface area contributed by atoms with Crippen LogP contribution in [0.1, 0.15) is 43.4 Å². The number of hydrogen-bond acceptors (Lipinski definition) is 3. The Morgan fingerprint density at radius 1 is 1.38 bits per heavy atom. The number of hydrogen-bond donors (Lipinski definition) is 1. The van der Waals surface area contributed by atoms with Gasteiger partial charge in [0.2, 0.25) is 0 Å². The van der Waals surface area contributed by atoms with Crippen molar-refractivity contribution in [3.05, 3.63) is 23.3 Å². The van der Waals surface area contributed by atoms with Crippen molar-refractivity contribution in [2.75, 3.05) is 13.6 Å². The van der Waals surface area contributed by atoms with Crippen LogP contribution in [0.3, 0.4) is 0 Å². The molecule has 2 rings (SSSR count). The first kappa shape index (κ1) is 11.5. The molecule has 1 aliphatic rings. The number of aryl methyl sites for hydroxylation is 2. The maximum Gasteiger partial charge on any atom is 0.136 e. The van der Waals surface area contributed by atoms with Gasteiger partial charge in [-0.05, 0) is 39.3 Å². The van der Waals surface area contributed by atoms with Gasteiger partial charge in [0.05, 0.1) is 0 Å². The molecule has 1 aromatic heterocycles. The summed E-state index contributed by atoms with van der Waals surface area (Å²) in [4.78, 5) is 9.34. The summed E-state index contributed by atoms with van der Waals surface area (Å²) in [5.41, 5.74) is 2.55. The summed E-state index contributed by atoms with van der Waals surface area (Å²) in [5.74, 6) is 1.06. The Kier molecular flexibility index (Phi) is 3.24. The van der Waals surface area contributed by atoms with E-state index in [2.05, 4.69) is 30.2 Å². The van der Waals surface area contributed by atoms with E-state index in [-0.39, 0.29) is 5.41 Å². The topological polar surface area (TPSA) is 37.8 Å². The first-order valence-electron chi connectivity index (χ1n) is 6.20. The summed E-state index contributed by atoms with van der Waals surface area (Å²) in [5, 5.41) is 3.26. The highest BCUT2D eigenvalue weighted by atomic mass is 15.0. The molecule has 0 radical (unpaired) electrons. The predicted octanol–water partition coefficient (Wildman–Crippen LogP) is 1.99. The Morgan fingerprint density at radius 2 is 2.12 bits per heavy atom. The van der Waals surface area contributed by atoms with Crippen molar-refractivity contribution >= 4 is 0 Å². The maximum absolute atomic E-state index is 4.72. The minimum absolute atomic E-state index is 0.239. The van der Waals surface area contributed by atoms with Gasteiger partial charge in [-0.15, -0.1) is 0 Å². The molecular weight excluding hydrogens is 198 g/mol. The van der Waals surface area contributed by atoms with Crippen LogP contribution in [-0.4, -0.2) is 23.6 Å². The van der Waals surface area contributed by atoms with Gasteiger partial charge in [-0.2, -0.15) is 0 Å². The molecule has 0 unspecified atom stereocenters. The summed E-state index contributed by atoms with van der Waals surface area (Å²) in [7, 11) is 2.00. The molecule has 0 aliphatic heterocycles. The van der Waals surface area contributed by atoms with Crippen molar-refractivity contribution in [2.24, 2.45) is 0 Å². The van der Waals surface area contributed by atoms with Crippen molar-refractivity contribution in [2.45, 2.75) is 44.9 Å². The van der Waals surface area contributed by atoms with Gasteiger partial charge in [0.25, 0.3) is 0 Å². The van der Waals surface area contributed by atoms with Gasteiger partial charge in [-0.25, -0.2) is 9.97 Å². The number of aromatic nitrogens is 2. The van der Waals surface area contributed by atoms with Crippen LogP contribution in [-0.2, 0) is 11.8 Å². The van der Waals surface area contributed by atoms with Crippen LogP contribution in [0.25, 0.3) is 0 Å². The quantitative estimate of drug-likeness (QED) is 0.823. The largest absolute Gasteiger partial charge is 0.319 e. The van der Waals surface area contributed by atoms with Crippen molar-refractivity contribution < 1.29 is 0 Å². The van der Waals surface area contributed by atoms with E-state index in [0.717, 1.165) is 30.9 Å². The average molecular weight is 219 g/mol. The summed E-state index contributed by atoms with van der Waals surface area (Å²) >= 11 is 0. The Hall–Kier alpha value is -0.960. The van der Waals surface area contributed by atoms with E-state index in [9.17, 15) is 0 Å². The number of nitrogens with one attached hydrogen (secondary N) is 1. The number of rotatable bonds is 5. The van der Waals surface area contributed by atoms with E-state index in [4.69, 9.17) is 4.98 Å². The zero-order valence-corrected chi connectivity index (χ0v) is 10.5. The summed E-state index contributed by atoms with van der Waals surface area (Å²) in [6, 6.07) is 2.11. The molecule has 0 atom stereocenters. The average Bonchev–Trinajstić information content (AvgIpc) is 2.99. The van der Waals surface area contributed by atoms with Crippen molar-refractivity contribution in [1.29, 1.82) is 0 Å². The minimum Gasteiger partial charge on any atom is -0.319 e. The van der Waals surface area contributed by atoms with E-state index < -0.39 is 0 Å². The first-order valence-corrected chi connectivity index (χ1v) is 6.20. The third-order valence-corrected chi connectivity index (χ3v) is 3.26. The maximum atomic E-state index is 4.72. The Balaban J connectivity index is 2.27. The summed E-state index contributed by atoms with van der Waals surface area (Å²) in [6.07, 6.45) is 4.66. The van der Waals surface area contributed by atoms with Crippen LogP contribution >= 0.6 is 0 Å². The molecule has 16 heavy (non-hydrogen) atoms. The normalized spacial score (nSPS) is 17.4. The Bertz CT molecular complexity index is 369. The Morgan fingerprint density at radius 3 is 2.69 bits per heavy atom. The molecule has 1 saturated carbocycles. The van der Waals surface area contributed by atoms with E-state index in [0.29, 0.717) is 0 Å². The number of nitrogens with zero attached hydrogens (tertiary/aromatic N) is 2. The lowest BCUT2D eigenvalue weighted by Crippen LogP contribution is -2.26. The number of likely N-dealkylation sites (N-methyl/N-ethyl adjacent to an activating group) is 1. The molecule has 1 N–H and O–H groups in total. The van der Waals surface area contributed by atoms with Crippen molar-refractivity contribution in [1.82, 2.24) is 15.3 Å². The van der Waals surface area contributed by atoms with Crippen molar-refractivity contribution in [3.8, 4) is 0 Å². The van der Waals surface area contributed by atoms with Gasteiger partial charge in [-0.1, -0.05) is 13.3 Å². The van der Waals surface area contributed by atoms with Gasteiger partial charge >= 0.3 is 0 Å². The second-order valence-electron chi connectivity index (χ2n) is 4.88. The molecule has 3 heteroatoms. The molecule has 3 nitrogen and oxygen atoms in total. The molecule has 0 bridgehead atoms. The predicted molar refractivity (Wildman–Crippen MR) is 65.6 cm³/mol. The lowest BCUT2D eigenvalue weighted by molar-refractivity contribution is 0.580. The van der Waals surface area contributed by atoms with Gasteiger partial charge in [0.1, 0.15) is 5.82 Å². The third-order valence-electron chi connectivity index (χ3n) is 3.26. The standard InChI is InChI=1S/C13H21N3/c1-4-5-11-8-10(2)15-12(16-11)13(6-7-13)9-14-3/h8,14H,4-7,9H2,1-3H3. The van der Waals surface area contributed by atoms with Crippen LogP contribution in [0.5, 0.6) is 0 Å². The molecule has 1 aromatic rings. The summed E-state index contributed by atoms with van der Waals surface area (Å²) < 4.78 is 0. The lowest BCUT2D eigenvalue weighted by atomic mass is 10.1. The van der Waals surface area contributed by atoms with Crippen molar-refractivity contribution in [3.63, 3.8) is 0 Å². The molecule has 1 fully saturated rings. The zero-order valence-electron chi connectivity index (χ0n) is 10.5. The van der Waals surface area contributed by atoms with E-state index in [1.165, 1.54) is 18.5 Å². The van der Waals surface area contributed by atoms with Gasteiger partial charge in [-0.3, -0.25) is 0 Å². The highest BCUT2D eigenvalue weighted by molar-refractivity contribution is 5.23. The lowest BCUT2D eigenvalue weighted by Gasteiger charge is -2.14. The SMILES string of the molecule is CCCc1cc(C)nc(C2(CNC)CC2)n1. The highest BCUT2D eigenvalue weighted by Crippen LogP contribution is 2.46. The summed E-state index contributed by atoms with van der Waals surface area (Å²) in [6.45, 7) is 5.26. The van der Waals surface area contributed by atoms with Crippen LogP contribution < -0.4 is 5.32 Å². The molecule has 1 aliphatic carbocycles. The molecule has 88 valence electrons. The highest BCUT2D eigenvalue weighted by Gasteiger charge is 2.46. The second-order valence-corrected chi connectivity index (χ2v) is 4.88. The van der Waals surface area contributed by atoms with Crippen LogP contribution in [0.15, 0.2) is 6.07 Å². The van der Waals surface area contributed by atoms with Crippen LogP contribution in [0, 0.1) is 6.92 Å². The molecule has 0 saturated heterocycles. The fourth-order valence-electron chi connectivity index (χ4n) is 2.22. The van der Waals surface area contributed by atoms with Crippen LogP contribution in [0.2, 0.25) is 0 Å².